The summed E-state index contributed by atoms with van der Waals surface area (Å²) in [5.74, 6) is 6.80. The van der Waals surface area contributed by atoms with Crippen LogP contribution in [-0.4, -0.2) is 30.6 Å². The van der Waals surface area contributed by atoms with Gasteiger partial charge in [0.15, 0.2) is 0 Å². The Balaban J connectivity index is 1.34. The van der Waals surface area contributed by atoms with E-state index in [9.17, 15) is 4.79 Å². The van der Waals surface area contributed by atoms with Crippen molar-refractivity contribution in [2.24, 2.45) is 11.3 Å². The van der Waals surface area contributed by atoms with Crippen LogP contribution in [0.1, 0.15) is 48.1 Å². The first-order valence-corrected chi connectivity index (χ1v) is 11.3. The molecule has 3 nitrogen and oxygen atoms in total. The van der Waals surface area contributed by atoms with Crippen molar-refractivity contribution in [2.45, 2.75) is 32.2 Å². The van der Waals surface area contributed by atoms with E-state index in [-0.39, 0.29) is 11.4 Å². The number of carbonyl (C=O) groups is 1. The fraction of sp³-hybridized carbons (Fsp3) is 0.400. The average molecular weight is 440 g/mol. The first kappa shape index (κ1) is 19.9. The SMILES string of the molecule is CCOC(=O)[C@]12CC1CN(C1CCc3cc(C#Cc4c(Cl)cccc4Cl)ccc31)C2. The summed E-state index contributed by atoms with van der Waals surface area (Å²) in [6.45, 7) is 4.16. The molecule has 2 fully saturated rings. The minimum absolute atomic E-state index is 0.000392. The van der Waals surface area contributed by atoms with E-state index >= 15 is 0 Å². The van der Waals surface area contributed by atoms with Gasteiger partial charge in [0.1, 0.15) is 0 Å². The zero-order valence-electron chi connectivity index (χ0n) is 16.9. The minimum Gasteiger partial charge on any atom is -0.466 e. The smallest absolute Gasteiger partial charge is 0.313 e. The number of rotatable bonds is 3. The number of nitrogens with zero attached hydrogens (tertiary/aromatic N) is 1. The maximum atomic E-state index is 12.4. The summed E-state index contributed by atoms with van der Waals surface area (Å²) >= 11 is 12.4. The van der Waals surface area contributed by atoms with Gasteiger partial charge >= 0.3 is 5.97 Å². The molecule has 5 heteroatoms. The molecule has 1 heterocycles. The Hall–Kier alpha value is -1.99. The van der Waals surface area contributed by atoms with Gasteiger partial charge in [0.2, 0.25) is 0 Å². The van der Waals surface area contributed by atoms with Crippen molar-refractivity contribution in [3.05, 3.63) is 68.7 Å². The summed E-state index contributed by atoms with van der Waals surface area (Å²) in [4.78, 5) is 14.9. The number of aryl methyl sites for hydroxylation is 1. The van der Waals surface area contributed by atoms with Crippen LogP contribution in [0.5, 0.6) is 0 Å². The Morgan fingerprint density at radius 1 is 1.23 bits per heavy atom. The molecule has 3 aliphatic rings. The van der Waals surface area contributed by atoms with Crippen molar-refractivity contribution in [3.8, 4) is 11.8 Å². The third-order valence-electron chi connectivity index (χ3n) is 6.78. The van der Waals surface area contributed by atoms with Crippen LogP contribution in [0.25, 0.3) is 0 Å². The molecular weight excluding hydrogens is 417 g/mol. The molecule has 2 aromatic carbocycles. The lowest BCUT2D eigenvalue weighted by molar-refractivity contribution is -0.150. The molecule has 0 radical (unpaired) electrons. The van der Waals surface area contributed by atoms with Crippen LogP contribution in [0.15, 0.2) is 36.4 Å². The Morgan fingerprint density at radius 2 is 2.03 bits per heavy atom. The van der Waals surface area contributed by atoms with E-state index in [4.69, 9.17) is 27.9 Å². The predicted octanol–water partition coefficient (Wildman–Crippen LogP) is 5.27. The standard InChI is InChI=1S/C25H23Cl2NO2/c1-2-30-24(29)25-13-18(25)14-28(15-25)23-11-8-17-12-16(6-9-19(17)23)7-10-20-21(26)4-3-5-22(20)27/h3-6,9,12,18,23H,2,8,11,13-15H2,1H3/t18?,23?,25-/m0/s1. The van der Waals surface area contributed by atoms with Crippen LogP contribution in [0, 0.1) is 23.2 Å². The first-order chi connectivity index (χ1) is 14.5. The number of esters is 1. The number of hydrogen-bond donors (Lipinski definition) is 0. The molecule has 0 amide bonds. The van der Waals surface area contributed by atoms with Crippen molar-refractivity contribution >= 4 is 29.2 Å². The summed E-state index contributed by atoms with van der Waals surface area (Å²) in [6.07, 6.45) is 3.12. The summed E-state index contributed by atoms with van der Waals surface area (Å²) in [6, 6.07) is 12.3. The van der Waals surface area contributed by atoms with E-state index < -0.39 is 0 Å². The lowest BCUT2D eigenvalue weighted by Gasteiger charge is -2.27. The third-order valence-corrected chi connectivity index (χ3v) is 7.41. The first-order valence-electron chi connectivity index (χ1n) is 10.5. The molecule has 1 saturated heterocycles. The Bertz CT molecular complexity index is 1070. The molecular formula is C25H23Cl2NO2. The van der Waals surface area contributed by atoms with Crippen LogP contribution in [0.2, 0.25) is 10.0 Å². The van der Waals surface area contributed by atoms with Crippen molar-refractivity contribution in [1.29, 1.82) is 0 Å². The highest BCUT2D eigenvalue weighted by Gasteiger charge is 2.66. The Kier molecular flexibility index (Phi) is 5.06. The fourth-order valence-electron chi connectivity index (χ4n) is 5.15. The fourth-order valence-corrected chi connectivity index (χ4v) is 5.65. The minimum atomic E-state index is -0.238. The van der Waals surface area contributed by atoms with Gasteiger partial charge < -0.3 is 4.74 Å². The van der Waals surface area contributed by atoms with Crippen LogP contribution in [0.4, 0.5) is 0 Å². The topological polar surface area (TPSA) is 29.5 Å². The highest BCUT2D eigenvalue weighted by molar-refractivity contribution is 6.36. The largest absolute Gasteiger partial charge is 0.466 e. The van der Waals surface area contributed by atoms with Gasteiger partial charge in [-0.15, -0.1) is 0 Å². The second-order valence-corrected chi connectivity index (χ2v) is 9.34. The second-order valence-electron chi connectivity index (χ2n) is 8.52. The second kappa shape index (κ2) is 7.61. The summed E-state index contributed by atoms with van der Waals surface area (Å²) < 4.78 is 5.35. The molecule has 30 heavy (non-hydrogen) atoms. The van der Waals surface area contributed by atoms with E-state index in [2.05, 4.69) is 34.9 Å². The number of likely N-dealkylation sites (tertiary alicyclic amines) is 1. The highest BCUT2D eigenvalue weighted by Crippen LogP contribution is 2.60. The van der Waals surface area contributed by atoms with Crippen LogP contribution >= 0.6 is 23.2 Å². The number of carbonyl (C=O) groups excluding carboxylic acids is 1. The van der Waals surface area contributed by atoms with Gasteiger partial charge in [0.25, 0.3) is 0 Å². The molecule has 0 bridgehead atoms. The van der Waals surface area contributed by atoms with Gasteiger partial charge in [-0.2, -0.15) is 0 Å². The van der Waals surface area contributed by atoms with E-state index in [0.717, 1.165) is 37.9 Å². The number of halogens is 2. The van der Waals surface area contributed by atoms with E-state index in [0.29, 0.717) is 34.2 Å². The van der Waals surface area contributed by atoms with Crippen molar-refractivity contribution < 1.29 is 9.53 Å². The lowest BCUT2D eigenvalue weighted by atomic mass is 10.0. The molecule has 5 rings (SSSR count). The van der Waals surface area contributed by atoms with Gasteiger partial charge in [0.05, 0.1) is 27.6 Å². The molecule has 154 valence electrons. The Labute approximate surface area is 187 Å². The number of piperidine rings is 1. The summed E-state index contributed by atoms with van der Waals surface area (Å²) in [5, 5.41) is 1.14. The van der Waals surface area contributed by atoms with Crippen LogP contribution < -0.4 is 0 Å². The number of benzene rings is 2. The zero-order chi connectivity index (χ0) is 20.9. The maximum Gasteiger partial charge on any atom is 0.313 e. The summed E-state index contributed by atoms with van der Waals surface area (Å²) in [5.41, 5.74) is 4.12. The van der Waals surface area contributed by atoms with Crippen LogP contribution in [0.3, 0.4) is 0 Å². The molecule has 0 N–H and O–H groups in total. The van der Waals surface area contributed by atoms with Gasteiger partial charge in [-0.25, -0.2) is 0 Å². The average Bonchev–Trinajstić information content (AvgIpc) is 3.08. The van der Waals surface area contributed by atoms with Crippen molar-refractivity contribution in [3.63, 3.8) is 0 Å². The molecule has 1 saturated carbocycles. The van der Waals surface area contributed by atoms with Gasteiger partial charge in [0, 0.05) is 24.7 Å². The zero-order valence-corrected chi connectivity index (χ0v) is 18.4. The third kappa shape index (κ3) is 3.32. The molecule has 2 aromatic rings. The monoisotopic (exact) mass is 439 g/mol. The number of ether oxygens (including phenoxy) is 1. The molecule has 2 aliphatic carbocycles. The van der Waals surface area contributed by atoms with E-state index in [1.54, 1.807) is 12.1 Å². The normalized spacial score (nSPS) is 26.5. The molecule has 3 atom stereocenters. The lowest BCUT2D eigenvalue weighted by Crippen LogP contribution is -2.32. The van der Waals surface area contributed by atoms with E-state index in [1.165, 1.54) is 11.1 Å². The van der Waals surface area contributed by atoms with Gasteiger partial charge in [-0.3, -0.25) is 9.69 Å². The highest BCUT2D eigenvalue weighted by atomic mass is 35.5. The maximum absolute atomic E-state index is 12.4. The number of hydrogen-bond acceptors (Lipinski definition) is 3. The van der Waals surface area contributed by atoms with Crippen molar-refractivity contribution in [2.75, 3.05) is 19.7 Å². The molecule has 0 spiro atoms. The Morgan fingerprint density at radius 3 is 2.80 bits per heavy atom. The molecule has 1 aliphatic heterocycles. The number of fused-ring (bicyclic) bond motifs is 2. The van der Waals surface area contributed by atoms with Gasteiger partial charge in [-0.05, 0) is 67.5 Å². The van der Waals surface area contributed by atoms with Gasteiger partial charge in [-0.1, -0.05) is 47.2 Å². The van der Waals surface area contributed by atoms with Crippen molar-refractivity contribution in [1.82, 2.24) is 4.90 Å². The molecule has 2 unspecified atom stereocenters. The summed E-state index contributed by atoms with van der Waals surface area (Å²) in [7, 11) is 0. The quantitative estimate of drug-likeness (QED) is 0.482. The predicted molar refractivity (Wildman–Crippen MR) is 119 cm³/mol. The van der Waals surface area contributed by atoms with Crippen LogP contribution in [-0.2, 0) is 16.0 Å². The molecule has 0 aromatic heterocycles. The van der Waals surface area contributed by atoms with E-state index in [1.807, 2.05) is 13.0 Å².